The lowest BCUT2D eigenvalue weighted by atomic mass is 10.2. The first-order chi connectivity index (χ1) is 11.3. The van der Waals surface area contributed by atoms with Gasteiger partial charge in [-0.2, -0.15) is 13.2 Å². The molecule has 0 spiro atoms. The summed E-state index contributed by atoms with van der Waals surface area (Å²) in [6.45, 7) is 2.03. The highest BCUT2D eigenvalue weighted by atomic mass is 79.9. The maximum Gasteiger partial charge on any atom is 0.435 e. The summed E-state index contributed by atoms with van der Waals surface area (Å²) < 4.78 is 41.0. The Morgan fingerprint density at radius 2 is 1.96 bits per heavy atom. The molecule has 2 heterocycles. The minimum absolute atomic E-state index is 0.171. The van der Waals surface area contributed by atoms with Crippen LogP contribution in [0.25, 0.3) is 22.6 Å². The minimum atomic E-state index is -4.54. The highest BCUT2D eigenvalue weighted by molar-refractivity contribution is 9.10. The van der Waals surface area contributed by atoms with Gasteiger partial charge in [-0.05, 0) is 24.0 Å². The highest BCUT2D eigenvalue weighted by Crippen LogP contribution is 2.35. The van der Waals surface area contributed by atoms with E-state index in [0.717, 1.165) is 26.8 Å². The normalized spacial score (nSPS) is 12.1. The summed E-state index contributed by atoms with van der Waals surface area (Å²) >= 11 is 5.07. The molecule has 126 valence electrons. The summed E-state index contributed by atoms with van der Waals surface area (Å²) in [5.41, 5.74) is 0.288. The van der Waals surface area contributed by atoms with Crippen LogP contribution >= 0.6 is 27.7 Å². The van der Waals surface area contributed by atoms with Gasteiger partial charge in [0, 0.05) is 28.0 Å². The van der Waals surface area contributed by atoms with Crippen molar-refractivity contribution in [3.05, 3.63) is 34.4 Å². The van der Waals surface area contributed by atoms with Crippen LogP contribution in [0.1, 0.15) is 12.6 Å². The van der Waals surface area contributed by atoms with Crippen molar-refractivity contribution in [2.45, 2.75) is 18.0 Å². The fourth-order valence-corrected chi connectivity index (χ4v) is 3.67. The van der Waals surface area contributed by atoms with Gasteiger partial charge in [0.2, 0.25) is 0 Å². The molecule has 24 heavy (non-hydrogen) atoms. The molecule has 0 unspecified atom stereocenters. The molecule has 0 N–H and O–H groups in total. The van der Waals surface area contributed by atoms with E-state index in [0.29, 0.717) is 11.5 Å². The van der Waals surface area contributed by atoms with Crippen LogP contribution in [0.5, 0.6) is 0 Å². The quantitative estimate of drug-likeness (QED) is 0.568. The van der Waals surface area contributed by atoms with Crippen molar-refractivity contribution < 1.29 is 13.2 Å². The topological polar surface area (TPSA) is 43.6 Å². The van der Waals surface area contributed by atoms with Crippen LogP contribution in [-0.2, 0) is 13.2 Å². The second-order valence-corrected chi connectivity index (χ2v) is 7.23. The van der Waals surface area contributed by atoms with E-state index in [1.165, 1.54) is 0 Å². The molecule has 3 rings (SSSR count). The molecule has 9 heteroatoms. The van der Waals surface area contributed by atoms with Gasteiger partial charge in [0.1, 0.15) is 11.3 Å². The molecular formula is C15H12BrF3N4S. The van der Waals surface area contributed by atoms with Crippen LogP contribution in [0, 0.1) is 0 Å². The molecular weight excluding hydrogens is 405 g/mol. The number of thioether (sulfide) groups is 1. The predicted molar refractivity (Wildman–Crippen MR) is 90.8 cm³/mol. The Labute approximate surface area is 148 Å². The molecule has 0 fully saturated rings. The summed E-state index contributed by atoms with van der Waals surface area (Å²) in [6, 6.07) is 6.66. The number of fused-ring (bicyclic) bond motifs is 1. The maximum atomic E-state index is 12.8. The van der Waals surface area contributed by atoms with E-state index in [1.807, 2.05) is 25.1 Å². The predicted octanol–water partition coefficient (Wildman–Crippen LogP) is 4.92. The number of aryl methyl sites for hydroxylation is 1. The number of nitrogens with zero attached hydrogens (tertiary/aromatic N) is 4. The van der Waals surface area contributed by atoms with Crippen LogP contribution in [-0.4, -0.2) is 25.5 Å². The van der Waals surface area contributed by atoms with Crippen LogP contribution in [0.3, 0.4) is 0 Å². The standard InChI is InChI=1S/C15H12BrF3N4S/c1-3-24-11-6-8(16)4-5-9(11)13-20-10-7-12(15(17,18)19)21-22-14(10)23(13)2/h4-7H,3H2,1-2H3. The Bertz CT molecular complexity index is 908. The molecule has 0 saturated heterocycles. The van der Waals surface area contributed by atoms with Gasteiger partial charge in [0.15, 0.2) is 11.3 Å². The van der Waals surface area contributed by atoms with Gasteiger partial charge in [-0.25, -0.2) is 4.98 Å². The van der Waals surface area contributed by atoms with Gasteiger partial charge in [-0.1, -0.05) is 22.9 Å². The summed E-state index contributed by atoms with van der Waals surface area (Å²) in [5, 5.41) is 6.97. The van der Waals surface area contributed by atoms with Crippen molar-refractivity contribution in [1.82, 2.24) is 19.7 Å². The van der Waals surface area contributed by atoms with Crippen molar-refractivity contribution in [2.24, 2.45) is 7.05 Å². The molecule has 0 amide bonds. The van der Waals surface area contributed by atoms with Crippen LogP contribution in [0.4, 0.5) is 13.2 Å². The number of rotatable bonds is 3. The van der Waals surface area contributed by atoms with E-state index in [9.17, 15) is 13.2 Å². The van der Waals surface area contributed by atoms with Crippen molar-refractivity contribution in [2.75, 3.05) is 5.75 Å². The smallest absolute Gasteiger partial charge is 0.310 e. The number of benzene rings is 1. The SMILES string of the molecule is CCSc1cc(Br)ccc1-c1nc2cc(C(F)(F)F)nnc2n1C. The van der Waals surface area contributed by atoms with Crippen LogP contribution < -0.4 is 0 Å². The fourth-order valence-electron chi connectivity index (χ4n) is 2.32. The molecule has 2 aromatic heterocycles. The molecule has 4 nitrogen and oxygen atoms in total. The minimum Gasteiger partial charge on any atom is -0.310 e. The Morgan fingerprint density at radius 3 is 2.62 bits per heavy atom. The first kappa shape index (κ1) is 17.2. The molecule has 0 radical (unpaired) electrons. The van der Waals surface area contributed by atoms with Crippen LogP contribution in [0.15, 0.2) is 33.6 Å². The second-order valence-electron chi connectivity index (χ2n) is 5.00. The number of alkyl halides is 3. The van der Waals surface area contributed by atoms with Gasteiger partial charge in [0.25, 0.3) is 0 Å². The van der Waals surface area contributed by atoms with Gasteiger partial charge in [0.05, 0.1) is 0 Å². The van der Waals surface area contributed by atoms with Gasteiger partial charge < -0.3 is 4.57 Å². The van der Waals surface area contributed by atoms with Crippen LogP contribution in [0.2, 0.25) is 0 Å². The molecule has 0 aliphatic heterocycles. The Morgan fingerprint density at radius 1 is 1.21 bits per heavy atom. The number of hydrogen-bond donors (Lipinski definition) is 0. The summed E-state index contributed by atoms with van der Waals surface area (Å²) in [4.78, 5) is 5.36. The van der Waals surface area contributed by atoms with E-state index in [2.05, 4.69) is 31.1 Å². The monoisotopic (exact) mass is 416 g/mol. The van der Waals surface area contributed by atoms with Crippen molar-refractivity contribution in [3.63, 3.8) is 0 Å². The zero-order chi connectivity index (χ0) is 17.5. The first-order valence-electron chi connectivity index (χ1n) is 7.01. The molecule has 3 aromatic rings. The lowest BCUT2D eigenvalue weighted by Crippen LogP contribution is -2.09. The zero-order valence-electron chi connectivity index (χ0n) is 12.7. The lowest BCUT2D eigenvalue weighted by Gasteiger charge is -2.09. The molecule has 0 bridgehead atoms. The van der Waals surface area contributed by atoms with Gasteiger partial charge >= 0.3 is 6.18 Å². The van der Waals surface area contributed by atoms with Gasteiger partial charge in [-0.3, -0.25) is 0 Å². The second kappa shape index (κ2) is 6.36. The molecule has 1 aromatic carbocycles. The fraction of sp³-hybridized carbons (Fsp3) is 0.267. The average molecular weight is 417 g/mol. The third-order valence-corrected chi connectivity index (χ3v) is 4.82. The van der Waals surface area contributed by atoms with E-state index in [-0.39, 0.29) is 5.52 Å². The number of imidazole rings is 1. The van der Waals surface area contributed by atoms with Gasteiger partial charge in [-0.15, -0.1) is 22.0 Å². The lowest BCUT2D eigenvalue weighted by molar-refractivity contribution is -0.141. The van der Waals surface area contributed by atoms with Crippen molar-refractivity contribution in [1.29, 1.82) is 0 Å². The maximum absolute atomic E-state index is 12.8. The molecule has 0 aliphatic carbocycles. The Hall–Kier alpha value is -1.61. The van der Waals surface area contributed by atoms with E-state index in [4.69, 9.17) is 0 Å². The summed E-state index contributed by atoms with van der Waals surface area (Å²) in [5.74, 6) is 1.42. The Balaban J connectivity index is 2.19. The van der Waals surface area contributed by atoms with Crippen molar-refractivity contribution in [3.8, 4) is 11.4 Å². The van der Waals surface area contributed by atoms with E-state index < -0.39 is 11.9 Å². The number of aromatic nitrogens is 4. The Kier molecular flexibility index (Phi) is 4.56. The third-order valence-electron chi connectivity index (χ3n) is 3.39. The number of hydrogen-bond acceptors (Lipinski definition) is 4. The molecule has 0 saturated carbocycles. The number of halogens is 4. The molecule has 0 atom stereocenters. The average Bonchev–Trinajstić information content (AvgIpc) is 2.83. The van der Waals surface area contributed by atoms with E-state index in [1.54, 1.807) is 23.4 Å². The zero-order valence-corrected chi connectivity index (χ0v) is 15.1. The summed E-state index contributed by atoms with van der Waals surface area (Å²) in [7, 11) is 1.72. The largest absolute Gasteiger partial charge is 0.435 e. The highest BCUT2D eigenvalue weighted by Gasteiger charge is 2.34. The van der Waals surface area contributed by atoms with E-state index >= 15 is 0 Å². The molecule has 0 aliphatic rings. The van der Waals surface area contributed by atoms with Crippen molar-refractivity contribution >= 4 is 38.9 Å². The third kappa shape index (κ3) is 3.14. The first-order valence-corrected chi connectivity index (χ1v) is 8.79. The summed E-state index contributed by atoms with van der Waals surface area (Å²) in [6.07, 6.45) is -4.54.